The molecule has 1 unspecified atom stereocenters. The van der Waals surface area contributed by atoms with Crippen molar-refractivity contribution >= 4 is 52.9 Å². The molecule has 1 atom stereocenters. The van der Waals surface area contributed by atoms with Gasteiger partial charge in [-0.3, -0.25) is 14.5 Å². The van der Waals surface area contributed by atoms with E-state index in [0.29, 0.717) is 0 Å². The normalized spacial score (nSPS) is 14.5. The molecule has 0 bridgehead atoms. The number of amides is 1. The molecule has 3 aromatic rings. The van der Waals surface area contributed by atoms with Crippen molar-refractivity contribution in [1.29, 1.82) is 0 Å². The van der Waals surface area contributed by atoms with E-state index in [-0.39, 0.29) is 30.7 Å². The van der Waals surface area contributed by atoms with Crippen molar-refractivity contribution in [2.24, 2.45) is 7.05 Å². The summed E-state index contributed by atoms with van der Waals surface area (Å²) in [5, 5.41) is 12.3. The zero-order valence-electron chi connectivity index (χ0n) is 16.9. The molecule has 1 aromatic carbocycles. The van der Waals surface area contributed by atoms with Crippen LogP contribution in [-0.2, 0) is 16.6 Å². The Labute approximate surface area is 187 Å². The van der Waals surface area contributed by atoms with E-state index in [1.807, 2.05) is 25.4 Å². The second kappa shape index (κ2) is 10.6. The van der Waals surface area contributed by atoms with Crippen LogP contribution in [0.1, 0.15) is 11.6 Å². The second-order valence-corrected chi connectivity index (χ2v) is 6.81. The Bertz CT molecular complexity index is 990. The van der Waals surface area contributed by atoms with Crippen molar-refractivity contribution in [3.05, 3.63) is 48.5 Å². The van der Waals surface area contributed by atoms with Gasteiger partial charge in [-0.05, 0) is 25.2 Å². The number of rotatable bonds is 5. The molecule has 1 aliphatic heterocycles. The molecule has 1 saturated heterocycles. The number of benzene rings is 1. The van der Waals surface area contributed by atoms with Crippen molar-refractivity contribution < 1.29 is 9.53 Å². The van der Waals surface area contributed by atoms with Crippen LogP contribution in [-0.4, -0.2) is 54.0 Å². The summed E-state index contributed by atoms with van der Waals surface area (Å²) in [6.07, 6.45) is 7.11. The summed E-state index contributed by atoms with van der Waals surface area (Å²) in [4.78, 5) is 19.5. The number of carbonyl (C=O) groups is 1. The Balaban J connectivity index is 0.00000160. The molecular formula is C20H26Cl2N6O2. The number of ether oxygens (including phenoxy) is 1. The summed E-state index contributed by atoms with van der Waals surface area (Å²) in [6.45, 7) is 3.15. The zero-order chi connectivity index (χ0) is 19.5. The standard InChI is InChI=1S/C20H24N6O2.2ClH/c1-21-19(14-11-23-25(2)13-14)20(27)24-17-3-4-18(26-7-9-28-10-8-26)15-5-6-22-12-16(15)17;;/h3-6,11-13,19,21H,7-10H2,1-2H3,(H,24,27);2*1H. The number of likely N-dealkylation sites (N-methyl/N-ethyl adjacent to an activating group) is 1. The van der Waals surface area contributed by atoms with Crippen LogP contribution in [0.5, 0.6) is 0 Å². The smallest absolute Gasteiger partial charge is 0.246 e. The monoisotopic (exact) mass is 452 g/mol. The largest absolute Gasteiger partial charge is 0.378 e. The number of hydrogen-bond acceptors (Lipinski definition) is 6. The topological polar surface area (TPSA) is 84.3 Å². The number of hydrogen-bond donors (Lipinski definition) is 2. The molecule has 2 aromatic heterocycles. The number of pyridine rings is 1. The van der Waals surface area contributed by atoms with Gasteiger partial charge in [-0.25, -0.2) is 0 Å². The molecule has 8 nitrogen and oxygen atoms in total. The maximum atomic E-state index is 12.9. The van der Waals surface area contributed by atoms with Gasteiger partial charge >= 0.3 is 0 Å². The molecule has 0 aliphatic carbocycles. The Kier molecular flexibility index (Phi) is 8.43. The van der Waals surface area contributed by atoms with Crippen LogP contribution in [0.15, 0.2) is 43.0 Å². The van der Waals surface area contributed by atoms with Gasteiger partial charge in [0.05, 0.1) is 25.1 Å². The molecule has 1 amide bonds. The Morgan fingerprint density at radius 3 is 2.57 bits per heavy atom. The molecule has 0 radical (unpaired) electrons. The molecule has 10 heteroatoms. The lowest BCUT2D eigenvalue weighted by Crippen LogP contribution is -2.36. The number of nitrogens with one attached hydrogen (secondary N) is 2. The van der Waals surface area contributed by atoms with Gasteiger partial charge in [-0.1, -0.05) is 0 Å². The third-order valence-electron chi connectivity index (χ3n) is 5.01. The lowest BCUT2D eigenvalue weighted by Gasteiger charge is -2.30. The SMILES string of the molecule is CNC(C(=O)Nc1ccc(N2CCOCC2)c2ccncc12)c1cnn(C)c1.Cl.Cl. The molecule has 162 valence electrons. The van der Waals surface area contributed by atoms with Gasteiger partial charge < -0.3 is 20.3 Å². The quantitative estimate of drug-likeness (QED) is 0.618. The molecule has 0 saturated carbocycles. The molecule has 2 N–H and O–H groups in total. The maximum absolute atomic E-state index is 12.9. The van der Waals surface area contributed by atoms with Crippen molar-refractivity contribution in [3.8, 4) is 0 Å². The van der Waals surface area contributed by atoms with E-state index in [1.54, 1.807) is 30.3 Å². The van der Waals surface area contributed by atoms with Crippen LogP contribution in [0, 0.1) is 0 Å². The minimum atomic E-state index is -0.487. The Hall–Kier alpha value is -2.39. The highest BCUT2D eigenvalue weighted by molar-refractivity contribution is 6.07. The van der Waals surface area contributed by atoms with Gasteiger partial charge in [0.25, 0.3) is 0 Å². The molecule has 1 aliphatic rings. The fraction of sp³-hybridized carbons (Fsp3) is 0.350. The number of morpholine rings is 1. The van der Waals surface area contributed by atoms with Crippen LogP contribution >= 0.6 is 24.8 Å². The minimum absolute atomic E-state index is 0. The van der Waals surface area contributed by atoms with E-state index in [1.165, 1.54) is 0 Å². The summed E-state index contributed by atoms with van der Waals surface area (Å²) in [5.41, 5.74) is 2.69. The van der Waals surface area contributed by atoms with Crippen LogP contribution in [0.3, 0.4) is 0 Å². The maximum Gasteiger partial charge on any atom is 0.246 e. The predicted octanol–water partition coefficient (Wildman–Crippen LogP) is 2.55. The van der Waals surface area contributed by atoms with Crippen LogP contribution < -0.4 is 15.5 Å². The fourth-order valence-electron chi connectivity index (χ4n) is 3.61. The average Bonchev–Trinajstić information content (AvgIpc) is 3.15. The minimum Gasteiger partial charge on any atom is -0.378 e. The number of fused-ring (bicyclic) bond motifs is 1. The third kappa shape index (κ3) is 4.84. The summed E-state index contributed by atoms with van der Waals surface area (Å²) in [6, 6.07) is 5.51. The van der Waals surface area contributed by atoms with Crippen LogP contribution in [0.4, 0.5) is 11.4 Å². The lowest BCUT2D eigenvalue weighted by atomic mass is 10.1. The first-order valence-electron chi connectivity index (χ1n) is 9.33. The molecular weight excluding hydrogens is 427 g/mol. The summed E-state index contributed by atoms with van der Waals surface area (Å²) >= 11 is 0. The number of carbonyl (C=O) groups excluding carboxylic acids is 1. The molecule has 4 rings (SSSR count). The predicted molar refractivity (Wildman–Crippen MR) is 123 cm³/mol. The Morgan fingerprint density at radius 1 is 1.13 bits per heavy atom. The first-order chi connectivity index (χ1) is 13.7. The summed E-state index contributed by atoms with van der Waals surface area (Å²) in [7, 11) is 3.59. The first-order valence-corrected chi connectivity index (χ1v) is 9.33. The van der Waals surface area contributed by atoms with E-state index < -0.39 is 6.04 Å². The van der Waals surface area contributed by atoms with Gasteiger partial charge in [0.1, 0.15) is 6.04 Å². The third-order valence-corrected chi connectivity index (χ3v) is 5.01. The van der Waals surface area contributed by atoms with Crippen LogP contribution in [0.2, 0.25) is 0 Å². The van der Waals surface area contributed by atoms with E-state index in [0.717, 1.165) is 54.0 Å². The van der Waals surface area contributed by atoms with E-state index in [2.05, 4.69) is 31.7 Å². The highest BCUT2D eigenvalue weighted by atomic mass is 35.5. The van der Waals surface area contributed by atoms with E-state index in [9.17, 15) is 4.79 Å². The first kappa shape index (κ1) is 23.9. The number of aryl methyl sites for hydroxylation is 1. The van der Waals surface area contributed by atoms with Crippen molar-refractivity contribution in [3.63, 3.8) is 0 Å². The fourth-order valence-corrected chi connectivity index (χ4v) is 3.61. The second-order valence-electron chi connectivity index (χ2n) is 6.81. The summed E-state index contributed by atoms with van der Waals surface area (Å²) < 4.78 is 7.15. The number of halogens is 2. The van der Waals surface area contributed by atoms with Crippen LogP contribution in [0.25, 0.3) is 10.8 Å². The van der Waals surface area contributed by atoms with E-state index in [4.69, 9.17) is 4.74 Å². The van der Waals surface area contributed by atoms with E-state index >= 15 is 0 Å². The van der Waals surface area contributed by atoms with Gasteiger partial charge in [0, 0.05) is 60.8 Å². The Morgan fingerprint density at radius 2 is 1.90 bits per heavy atom. The van der Waals surface area contributed by atoms with Gasteiger partial charge in [0.15, 0.2) is 0 Å². The number of aromatic nitrogens is 3. The van der Waals surface area contributed by atoms with Gasteiger partial charge in [-0.15, -0.1) is 24.8 Å². The molecule has 3 heterocycles. The van der Waals surface area contributed by atoms with Crippen molar-refractivity contribution in [2.45, 2.75) is 6.04 Å². The molecule has 1 fully saturated rings. The summed E-state index contributed by atoms with van der Waals surface area (Å²) in [5.74, 6) is -0.139. The average molecular weight is 453 g/mol. The zero-order valence-corrected chi connectivity index (χ0v) is 18.5. The molecule has 0 spiro atoms. The lowest BCUT2D eigenvalue weighted by molar-refractivity contribution is -0.118. The molecule has 30 heavy (non-hydrogen) atoms. The highest BCUT2D eigenvalue weighted by Gasteiger charge is 2.22. The number of nitrogens with zero attached hydrogens (tertiary/aromatic N) is 4. The number of anilines is 2. The van der Waals surface area contributed by atoms with Crippen molar-refractivity contribution in [2.75, 3.05) is 43.6 Å². The highest BCUT2D eigenvalue weighted by Crippen LogP contribution is 2.32. The van der Waals surface area contributed by atoms with Gasteiger partial charge in [-0.2, -0.15) is 5.10 Å². The van der Waals surface area contributed by atoms with Gasteiger partial charge in [0.2, 0.25) is 5.91 Å². The van der Waals surface area contributed by atoms with Crippen molar-refractivity contribution in [1.82, 2.24) is 20.1 Å².